The number of aliphatic imine (C=N–C) groups is 1. The highest BCUT2D eigenvalue weighted by atomic mass is 35.5. The highest BCUT2D eigenvalue weighted by Gasteiger charge is 2.15. The van der Waals surface area contributed by atoms with Crippen LogP contribution >= 0.6 is 11.6 Å². The third-order valence-electron chi connectivity index (χ3n) is 3.77. The molecule has 3 rings (SSSR count). The molecule has 0 spiro atoms. The summed E-state index contributed by atoms with van der Waals surface area (Å²) in [6, 6.07) is 7.62. The van der Waals surface area contributed by atoms with Crippen LogP contribution in [0.25, 0.3) is 0 Å². The first kappa shape index (κ1) is 13.3. The van der Waals surface area contributed by atoms with Crippen molar-refractivity contribution in [3.05, 3.63) is 47.2 Å². The zero-order valence-corrected chi connectivity index (χ0v) is 11.9. The van der Waals surface area contributed by atoms with Crippen LogP contribution in [0.4, 0.5) is 5.69 Å². The minimum Gasteiger partial charge on any atom is -0.506 e. The van der Waals surface area contributed by atoms with Crippen LogP contribution in [0, 0.1) is 0 Å². The van der Waals surface area contributed by atoms with Crippen LogP contribution in [-0.4, -0.2) is 15.9 Å². The molecule has 1 saturated carbocycles. The second-order valence-corrected chi connectivity index (χ2v) is 5.66. The lowest BCUT2D eigenvalue weighted by Crippen LogP contribution is -2.00. The molecule has 1 aromatic heterocycles. The third-order valence-corrected chi connectivity index (χ3v) is 4.01. The van der Waals surface area contributed by atoms with E-state index in [1.807, 2.05) is 0 Å². The Bertz CT molecular complexity index is 627. The van der Waals surface area contributed by atoms with Crippen LogP contribution < -0.4 is 0 Å². The van der Waals surface area contributed by atoms with Crippen molar-refractivity contribution in [3.63, 3.8) is 0 Å². The zero-order chi connectivity index (χ0) is 13.9. The molecule has 1 aromatic carbocycles. The van der Waals surface area contributed by atoms with Crippen molar-refractivity contribution in [2.24, 2.45) is 4.99 Å². The lowest BCUT2D eigenvalue weighted by Gasteiger charge is -2.10. The van der Waals surface area contributed by atoms with Crippen LogP contribution in [0.3, 0.4) is 0 Å². The maximum absolute atomic E-state index is 9.74. The number of hydrogen-bond acceptors (Lipinski definition) is 2. The fourth-order valence-electron chi connectivity index (χ4n) is 2.69. The van der Waals surface area contributed by atoms with Crippen molar-refractivity contribution in [3.8, 4) is 5.75 Å². The quantitative estimate of drug-likeness (QED) is 0.816. The van der Waals surface area contributed by atoms with E-state index in [0.29, 0.717) is 16.8 Å². The smallest absolute Gasteiger partial charge is 0.142 e. The standard InChI is InChI=1S/C16H17ClN2O/c17-13-5-6-15(16(20)9-13)18-10-12-7-8-19(11-12)14-3-1-2-4-14/h5-11,14,20H,1-4H2. The van der Waals surface area contributed by atoms with Crippen LogP contribution in [0.2, 0.25) is 5.02 Å². The molecule has 104 valence electrons. The van der Waals surface area contributed by atoms with Gasteiger partial charge in [-0.1, -0.05) is 24.4 Å². The van der Waals surface area contributed by atoms with E-state index < -0.39 is 0 Å². The average molecular weight is 289 g/mol. The molecule has 4 heteroatoms. The van der Waals surface area contributed by atoms with Gasteiger partial charge in [0.05, 0.1) is 0 Å². The molecule has 1 N–H and O–H groups in total. The van der Waals surface area contributed by atoms with Crippen molar-refractivity contribution in [1.82, 2.24) is 4.57 Å². The highest BCUT2D eigenvalue weighted by molar-refractivity contribution is 6.30. The predicted molar refractivity (Wildman–Crippen MR) is 82.3 cm³/mol. The van der Waals surface area contributed by atoms with Gasteiger partial charge in [0.15, 0.2) is 0 Å². The lowest BCUT2D eigenvalue weighted by atomic mass is 10.2. The normalized spacial score (nSPS) is 16.2. The molecule has 0 unspecified atom stereocenters. The molecule has 0 radical (unpaired) electrons. The van der Waals surface area contributed by atoms with E-state index in [9.17, 15) is 5.11 Å². The van der Waals surface area contributed by atoms with E-state index in [-0.39, 0.29) is 5.75 Å². The van der Waals surface area contributed by atoms with Crippen LogP contribution in [0.5, 0.6) is 5.75 Å². The van der Waals surface area contributed by atoms with Crippen molar-refractivity contribution in [1.29, 1.82) is 0 Å². The number of aromatic hydroxyl groups is 1. The summed E-state index contributed by atoms with van der Waals surface area (Å²) in [5, 5.41) is 10.3. The van der Waals surface area contributed by atoms with Crippen LogP contribution in [0.1, 0.15) is 37.3 Å². The number of phenols is 1. The Kier molecular flexibility index (Phi) is 3.79. The maximum atomic E-state index is 9.74. The second kappa shape index (κ2) is 5.71. The number of benzene rings is 1. The number of aromatic nitrogens is 1. The van der Waals surface area contributed by atoms with E-state index in [1.165, 1.54) is 31.7 Å². The van der Waals surface area contributed by atoms with Crippen molar-refractivity contribution in [2.75, 3.05) is 0 Å². The van der Waals surface area contributed by atoms with Crippen LogP contribution in [0.15, 0.2) is 41.7 Å². The molecular weight excluding hydrogens is 272 g/mol. The molecular formula is C16H17ClN2O. The molecule has 1 aliphatic rings. The Morgan fingerprint density at radius 2 is 2.05 bits per heavy atom. The molecule has 0 bridgehead atoms. The molecule has 0 saturated heterocycles. The summed E-state index contributed by atoms with van der Waals surface area (Å²) < 4.78 is 2.27. The second-order valence-electron chi connectivity index (χ2n) is 5.22. The number of rotatable bonds is 3. The van der Waals surface area contributed by atoms with E-state index in [1.54, 1.807) is 18.3 Å². The van der Waals surface area contributed by atoms with E-state index in [4.69, 9.17) is 11.6 Å². The summed E-state index contributed by atoms with van der Waals surface area (Å²) in [5.41, 5.74) is 1.58. The number of halogens is 1. The lowest BCUT2D eigenvalue weighted by molar-refractivity contribution is 0.477. The monoisotopic (exact) mass is 288 g/mol. The molecule has 3 nitrogen and oxygen atoms in total. The van der Waals surface area contributed by atoms with Gasteiger partial charge in [-0.2, -0.15) is 0 Å². The van der Waals surface area contributed by atoms with Crippen LogP contribution in [-0.2, 0) is 0 Å². The van der Waals surface area contributed by atoms with Gasteiger partial charge in [0.25, 0.3) is 0 Å². The number of hydrogen-bond donors (Lipinski definition) is 1. The topological polar surface area (TPSA) is 37.5 Å². The fourth-order valence-corrected chi connectivity index (χ4v) is 2.85. The summed E-state index contributed by atoms with van der Waals surface area (Å²) in [6.45, 7) is 0. The van der Waals surface area contributed by atoms with Gasteiger partial charge < -0.3 is 9.67 Å². The fraction of sp³-hybridized carbons (Fsp3) is 0.312. The van der Waals surface area contributed by atoms with Gasteiger partial charge in [-0.15, -0.1) is 0 Å². The Hall–Kier alpha value is -1.74. The first-order valence-electron chi connectivity index (χ1n) is 6.92. The molecule has 1 heterocycles. The summed E-state index contributed by atoms with van der Waals surface area (Å²) in [5.74, 6) is 0.101. The number of nitrogens with zero attached hydrogens (tertiary/aromatic N) is 2. The summed E-state index contributed by atoms with van der Waals surface area (Å²) in [4.78, 5) is 4.31. The first-order chi connectivity index (χ1) is 9.72. The van der Waals surface area contributed by atoms with Crippen molar-refractivity contribution >= 4 is 23.5 Å². The Morgan fingerprint density at radius 1 is 1.25 bits per heavy atom. The van der Waals surface area contributed by atoms with E-state index in [2.05, 4.69) is 28.0 Å². The number of phenolic OH excluding ortho intramolecular Hbond substituents is 1. The minimum atomic E-state index is 0.101. The van der Waals surface area contributed by atoms with E-state index >= 15 is 0 Å². The first-order valence-corrected chi connectivity index (χ1v) is 7.30. The minimum absolute atomic E-state index is 0.101. The average Bonchev–Trinajstić information content (AvgIpc) is 3.08. The molecule has 1 aliphatic carbocycles. The predicted octanol–water partition coefficient (Wildman–Crippen LogP) is 4.71. The Morgan fingerprint density at radius 3 is 2.80 bits per heavy atom. The van der Waals surface area contributed by atoms with Crippen molar-refractivity contribution in [2.45, 2.75) is 31.7 Å². The van der Waals surface area contributed by atoms with Gasteiger partial charge in [0, 0.05) is 41.3 Å². The van der Waals surface area contributed by atoms with E-state index in [0.717, 1.165) is 5.56 Å². The van der Waals surface area contributed by atoms with Gasteiger partial charge in [-0.3, -0.25) is 4.99 Å². The largest absolute Gasteiger partial charge is 0.506 e. The maximum Gasteiger partial charge on any atom is 0.142 e. The molecule has 0 atom stereocenters. The van der Waals surface area contributed by atoms with Gasteiger partial charge in [-0.05, 0) is 31.0 Å². The van der Waals surface area contributed by atoms with Crippen molar-refractivity contribution < 1.29 is 5.11 Å². The SMILES string of the molecule is Oc1cc(Cl)ccc1N=Cc1ccn(C2CCCC2)c1. The summed E-state index contributed by atoms with van der Waals surface area (Å²) in [7, 11) is 0. The van der Waals surface area contributed by atoms with Gasteiger partial charge in [-0.25, -0.2) is 0 Å². The zero-order valence-electron chi connectivity index (χ0n) is 11.2. The molecule has 20 heavy (non-hydrogen) atoms. The van der Waals surface area contributed by atoms with Gasteiger partial charge in [0.1, 0.15) is 11.4 Å². The molecule has 0 amide bonds. The van der Waals surface area contributed by atoms with Gasteiger partial charge in [0.2, 0.25) is 0 Å². The Labute approximate surface area is 123 Å². The summed E-state index contributed by atoms with van der Waals surface area (Å²) in [6.07, 6.45) is 11.2. The van der Waals surface area contributed by atoms with Gasteiger partial charge >= 0.3 is 0 Å². The molecule has 0 aliphatic heterocycles. The third kappa shape index (κ3) is 2.88. The Balaban J connectivity index is 1.75. The molecule has 1 fully saturated rings. The highest BCUT2D eigenvalue weighted by Crippen LogP contribution is 2.30. The summed E-state index contributed by atoms with van der Waals surface area (Å²) >= 11 is 5.79. The molecule has 2 aromatic rings.